The first-order valence-electron chi connectivity index (χ1n) is 36.9. The lowest BCUT2D eigenvalue weighted by Crippen LogP contribution is -2.10. The van der Waals surface area contributed by atoms with E-state index >= 15 is 0 Å². The van der Waals surface area contributed by atoms with Crippen molar-refractivity contribution in [2.24, 2.45) is 21.1 Å². The first-order valence-corrected chi connectivity index (χ1v) is 43.9. The summed E-state index contributed by atoms with van der Waals surface area (Å²) in [6.07, 6.45) is 5.75. The van der Waals surface area contributed by atoms with Crippen LogP contribution in [0.2, 0.25) is 26.2 Å². The van der Waals surface area contributed by atoms with Crippen molar-refractivity contribution in [3.8, 4) is 11.1 Å². The number of aryl methyl sites for hydroxylation is 10. The van der Waals surface area contributed by atoms with Crippen LogP contribution in [-0.2, 0) is 25.7 Å². The Bertz CT molecular complexity index is 3570. The molecule has 1 aliphatic rings. The number of rotatable bonds is 0. The van der Waals surface area contributed by atoms with E-state index in [1.807, 2.05) is 258 Å². The Labute approximate surface area is 638 Å². The smallest absolute Gasteiger partial charge is 0.234 e. The van der Waals surface area contributed by atoms with Crippen LogP contribution >= 0.6 is 7.14 Å². The molecule has 0 N–H and O–H groups in total. The zero-order valence-corrected chi connectivity index (χ0v) is 72.9. The number of allylic oxidation sites excluding steroid dienone is 1. The molecule has 588 valence electrons. The van der Waals surface area contributed by atoms with Crippen molar-refractivity contribution in [1.29, 1.82) is 0 Å². The van der Waals surface area contributed by atoms with Crippen LogP contribution in [0.3, 0.4) is 0 Å². The maximum absolute atomic E-state index is 10.2. The number of fused-ring (bicyclic) bond motifs is 7. The van der Waals surface area contributed by atoms with Crippen molar-refractivity contribution < 1.29 is 4.57 Å². The molecule has 0 saturated carbocycles. The van der Waals surface area contributed by atoms with E-state index in [2.05, 4.69) is 190 Å². The highest BCUT2D eigenvalue weighted by Crippen LogP contribution is 2.45. The third-order valence-corrected chi connectivity index (χ3v) is 13.1. The molecule has 14 heteroatoms. The minimum atomic E-state index is -1.64. The van der Waals surface area contributed by atoms with Gasteiger partial charge in [0.2, 0.25) is 5.78 Å². The van der Waals surface area contributed by atoms with Crippen LogP contribution in [0.4, 0.5) is 0 Å². The molecule has 0 bridgehead atoms. The molecule has 0 aliphatic heterocycles. The zero-order chi connectivity index (χ0) is 78.5. The van der Waals surface area contributed by atoms with Crippen LogP contribution in [0.25, 0.3) is 50.1 Å². The van der Waals surface area contributed by atoms with Crippen LogP contribution in [0, 0.1) is 62.3 Å². The first-order chi connectivity index (χ1) is 47.1. The summed E-state index contributed by atoms with van der Waals surface area (Å²) >= 11 is 0. The maximum atomic E-state index is 10.2. The van der Waals surface area contributed by atoms with E-state index < -0.39 is 15.2 Å². The fraction of sp³-hybridized carbons (Fsp3) is 0.506. The standard InChI is InChI=1S/C16H14.C11H13N.2C9H10N2.C8H9N3.C5H9N3.C4H12Si.C3H9OP.10C2H6.4CH4/c1-11(2)16-14-9-5-3-7-12(14)13-8-4-6-10-15(13)16;1-8-9(2)12(3)11-7-5-4-6-10(8)11;1-7-10-8-5-3-4-6-9(8)11(7)2;1-7-8(2)11-6-4-3-5-9(11)10-7;1-6-7(2)11-5-3-4-9-8(11)10-6;1-4-6-7-5(2)8(4)3;2*1-5(2,3)4;10*1-2;;;;/h3-10H,1-2H3;4-7H,1-3H3;2*3-6H,1-2H3;3-5H,1-2H3;1-3H3;1-4H3;1-3H3;10*1-2H3;4*1H4. The molecule has 7 aromatic heterocycles. The Morgan fingerprint density at radius 1 is 0.388 bits per heavy atom. The quantitative estimate of drug-likeness (QED) is 0.110. The Morgan fingerprint density at radius 2 is 0.738 bits per heavy atom. The summed E-state index contributed by atoms with van der Waals surface area (Å²) in [6.45, 7) is 77.3. The van der Waals surface area contributed by atoms with Gasteiger partial charge >= 0.3 is 0 Å². The summed E-state index contributed by atoms with van der Waals surface area (Å²) in [7, 11) is 3.85. The van der Waals surface area contributed by atoms with Gasteiger partial charge in [-0.15, -0.1) is 10.2 Å². The molecule has 11 aromatic rings. The molecule has 4 aromatic carbocycles. The molecular weight excluding hydrogens is 1300 g/mol. The van der Waals surface area contributed by atoms with Gasteiger partial charge < -0.3 is 22.7 Å². The lowest BCUT2D eigenvalue weighted by Gasteiger charge is -2.04. The summed E-state index contributed by atoms with van der Waals surface area (Å²) in [4.78, 5) is 17.1. The van der Waals surface area contributed by atoms with E-state index in [1.54, 1.807) is 26.2 Å². The van der Waals surface area contributed by atoms with Crippen molar-refractivity contribution >= 4 is 54.2 Å². The Kier molecular flexibility index (Phi) is 75.3. The molecule has 12 nitrogen and oxygen atoms in total. The molecule has 0 amide bonds. The lowest BCUT2D eigenvalue weighted by atomic mass is 10.00. The summed E-state index contributed by atoms with van der Waals surface area (Å²) in [5.41, 5.74) is 20.2. The summed E-state index contributed by atoms with van der Waals surface area (Å²) in [6, 6.07) is 41.9. The molecule has 0 atom stereocenters. The van der Waals surface area contributed by atoms with E-state index in [9.17, 15) is 4.57 Å². The van der Waals surface area contributed by atoms with Gasteiger partial charge in [0, 0.05) is 75.8 Å². The Balaban J connectivity index is -0.000000117. The second-order valence-corrected chi connectivity index (χ2v) is 32.3. The van der Waals surface area contributed by atoms with Gasteiger partial charge in [-0.05, 0) is 166 Å². The molecule has 7 heterocycles. The summed E-state index contributed by atoms with van der Waals surface area (Å²) < 4.78 is 20.6. The number of benzene rings is 4. The largest absolute Gasteiger partial charge is 0.348 e. The monoisotopic (exact) mass is 1460 g/mol. The number of pyridine rings is 1. The van der Waals surface area contributed by atoms with Crippen LogP contribution in [0.1, 0.15) is 245 Å². The number of nitrogens with zero attached hydrogens (tertiary/aromatic N) is 11. The average molecular weight is 1460 g/mol. The van der Waals surface area contributed by atoms with Crippen molar-refractivity contribution in [3.05, 3.63) is 208 Å². The van der Waals surface area contributed by atoms with E-state index in [1.165, 1.54) is 66.8 Å². The lowest BCUT2D eigenvalue weighted by molar-refractivity contribution is 0.586. The Morgan fingerprint density at radius 3 is 1.11 bits per heavy atom. The number of hydrogen-bond donors (Lipinski definition) is 0. The van der Waals surface area contributed by atoms with Gasteiger partial charge in [-0.25, -0.2) is 19.9 Å². The van der Waals surface area contributed by atoms with E-state index in [0.29, 0.717) is 0 Å². The Hall–Kier alpha value is -7.47. The molecule has 103 heavy (non-hydrogen) atoms. The summed E-state index contributed by atoms with van der Waals surface area (Å²) in [5, 5.41) is 9.03. The van der Waals surface area contributed by atoms with Gasteiger partial charge in [-0.2, -0.15) is 0 Å². The SMILES string of the molecule is C.C.C.C.CC.CC.CC.CC.CC.CC.CC.CC.CC.CC.CC(C)=C1c2ccccc2-c2ccccc21.CP(C)(C)=O.C[Si](C)(C)C.Cc1c(C)n(C)c2ccccc12.Cc1nc2ccccc2n1C.Cc1nc2ccccn2c1C.Cc1nc2ncccn2c1C.Cc1nnc(C)n1C. The van der Waals surface area contributed by atoms with E-state index in [-0.39, 0.29) is 29.7 Å². The fourth-order valence-electron chi connectivity index (χ4n) is 8.39. The minimum Gasteiger partial charge on any atom is -0.348 e. The van der Waals surface area contributed by atoms with Crippen molar-refractivity contribution in [3.63, 3.8) is 0 Å². The third kappa shape index (κ3) is 41.6. The van der Waals surface area contributed by atoms with Crippen LogP contribution in [0.5, 0.6) is 0 Å². The number of hydrogen-bond acceptors (Lipinski definition) is 7. The second-order valence-electron chi connectivity index (χ2n) is 22.5. The molecule has 0 unspecified atom stereocenters. The average Bonchev–Trinajstić information content (AvgIpc) is 1.62. The molecule has 0 saturated heterocycles. The highest BCUT2D eigenvalue weighted by atomic mass is 31.2. The van der Waals surface area contributed by atoms with Crippen molar-refractivity contribution in [1.82, 2.24) is 52.6 Å². The van der Waals surface area contributed by atoms with Gasteiger partial charge in [0.05, 0.1) is 29.6 Å². The predicted molar refractivity (Wildman–Crippen MR) is 480 cm³/mol. The normalized spacial score (nSPS) is 9.12. The number of aromatic nitrogens is 11. The molecule has 0 fully saturated rings. The molecule has 0 radical (unpaired) electrons. The molecule has 1 aliphatic carbocycles. The number of imidazole rings is 3. The van der Waals surface area contributed by atoms with Gasteiger partial charge in [-0.1, -0.05) is 285 Å². The van der Waals surface area contributed by atoms with Gasteiger partial charge in [0.1, 0.15) is 23.1 Å². The van der Waals surface area contributed by atoms with Gasteiger partial charge in [0.15, 0.2) is 0 Å². The van der Waals surface area contributed by atoms with Gasteiger partial charge in [-0.3, -0.25) is 4.40 Å². The molecule has 0 spiro atoms. The highest BCUT2D eigenvalue weighted by molar-refractivity contribution is 7.61. The van der Waals surface area contributed by atoms with Crippen LogP contribution in [-0.4, -0.2) is 80.7 Å². The van der Waals surface area contributed by atoms with E-state index in [4.69, 9.17) is 0 Å². The summed E-state index contributed by atoms with van der Waals surface area (Å²) in [5.74, 6) is 3.76. The third-order valence-electron chi connectivity index (χ3n) is 13.1. The van der Waals surface area contributed by atoms with Crippen molar-refractivity contribution in [2.45, 2.75) is 271 Å². The van der Waals surface area contributed by atoms with Gasteiger partial charge in [0.25, 0.3) is 0 Å². The highest BCUT2D eigenvalue weighted by Gasteiger charge is 2.22. The minimum absolute atomic E-state index is 0. The molecular formula is C89H162N11OPSi. The number of para-hydroxylation sites is 3. The second kappa shape index (κ2) is 66.5. The van der Waals surface area contributed by atoms with Crippen molar-refractivity contribution in [2.75, 3.05) is 20.0 Å². The van der Waals surface area contributed by atoms with Crippen LogP contribution in [0.15, 0.2) is 145 Å². The predicted octanol–water partition coefficient (Wildman–Crippen LogP) is 28.9. The van der Waals surface area contributed by atoms with E-state index in [0.717, 1.165) is 51.5 Å². The topological polar surface area (TPSA) is 118 Å². The first kappa shape index (κ1) is 117. The maximum Gasteiger partial charge on any atom is 0.234 e. The molecule has 12 rings (SSSR count). The zero-order valence-electron chi connectivity index (χ0n) is 71.1. The fourth-order valence-corrected chi connectivity index (χ4v) is 8.39. The van der Waals surface area contributed by atoms with Crippen LogP contribution < -0.4 is 0 Å².